The molecule has 0 bridgehead atoms. The fourth-order valence-electron chi connectivity index (χ4n) is 4.68. The predicted molar refractivity (Wildman–Crippen MR) is 132 cm³/mol. The minimum absolute atomic E-state index is 0.159. The van der Waals surface area contributed by atoms with Crippen LogP contribution in [0.4, 0.5) is 5.69 Å². The lowest BCUT2D eigenvalue weighted by atomic mass is 10.1. The Morgan fingerprint density at radius 2 is 1.56 bits per heavy atom. The number of nitrogens with one attached hydrogen (secondary N) is 2. The van der Waals surface area contributed by atoms with Gasteiger partial charge in [0.2, 0.25) is 15.9 Å². The molecule has 182 valence electrons. The molecule has 2 aromatic rings. The van der Waals surface area contributed by atoms with E-state index in [4.69, 9.17) is 0 Å². The maximum absolute atomic E-state index is 12.8. The zero-order chi connectivity index (χ0) is 24.0. The highest BCUT2D eigenvalue weighted by atomic mass is 32.2. The number of benzene rings is 2. The number of para-hydroxylation sites is 1. The van der Waals surface area contributed by atoms with Crippen LogP contribution in [-0.4, -0.2) is 43.7 Å². The van der Waals surface area contributed by atoms with Gasteiger partial charge in [0.1, 0.15) is 0 Å². The van der Waals surface area contributed by atoms with E-state index in [0.717, 1.165) is 50.5 Å². The third kappa shape index (κ3) is 6.04. The number of hydrogen-bond donors (Lipinski definition) is 2. The first kappa shape index (κ1) is 24.4. The molecule has 4 rings (SSSR count). The molecular formula is C26H33N3O4S. The number of piperidine rings is 1. The molecule has 1 saturated heterocycles. The van der Waals surface area contributed by atoms with E-state index in [-0.39, 0.29) is 24.3 Å². The van der Waals surface area contributed by atoms with Crippen molar-refractivity contribution in [3.05, 3.63) is 59.7 Å². The first-order valence-electron chi connectivity index (χ1n) is 12.2. The molecule has 0 aromatic heterocycles. The van der Waals surface area contributed by atoms with Crippen LogP contribution in [0.2, 0.25) is 0 Å². The number of carbonyl (C=O) groups is 2. The zero-order valence-electron chi connectivity index (χ0n) is 19.5. The number of rotatable bonds is 8. The van der Waals surface area contributed by atoms with Crippen molar-refractivity contribution in [2.75, 3.05) is 18.4 Å². The van der Waals surface area contributed by atoms with Crippen LogP contribution in [0.3, 0.4) is 0 Å². The van der Waals surface area contributed by atoms with Crippen LogP contribution in [0.5, 0.6) is 0 Å². The molecule has 2 N–H and O–H groups in total. The molecule has 2 amide bonds. The predicted octanol–water partition coefficient (Wildman–Crippen LogP) is 4.10. The van der Waals surface area contributed by atoms with E-state index in [0.29, 0.717) is 35.7 Å². The number of anilines is 1. The Bertz CT molecular complexity index is 1100. The van der Waals surface area contributed by atoms with Crippen molar-refractivity contribution in [3.63, 3.8) is 0 Å². The van der Waals surface area contributed by atoms with E-state index in [9.17, 15) is 18.0 Å². The molecule has 34 heavy (non-hydrogen) atoms. The van der Waals surface area contributed by atoms with Gasteiger partial charge in [-0.2, -0.15) is 4.31 Å². The van der Waals surface area contributed by atoms with Crippen molar-refractivity contribution < 1.29 is 18.0 Å². The van der Waals surface area contributed by atoms with Crippen molar-refractivity contribution in [3.8, 4) is 0 Å². The summed E-state index contributed by atoms with van der Waals surface area (Å²) in [6, 6.07) is 14.0. The molecule has 0 spiro atoms. The molecular weight excluding hydrogens is 450 g/mol. The van der Waals surface area contributed by atoms with Crippen LogP contribution in [0.1, 0.15) is 67.3 Å². The molecule has 2 aromatic carbocycles. The van der Waals surface area contributed by atoms with Gasteiger partial charge < -0.3 is 10.6 Å². The second-order valence-electron chi connectivity index (χ2n) is 9.16. The lowest BCUT2D eigenvalue weighted by Gasteiger charge is -2.25. The standard InChI is InChI=1S/C26H33N3O4S/c30-25(28-24-11-5-4-10-23(24)26(31)27-21-8-2-3-9-21)17-14-20-12-15-22(16-13-20)34(32,33)29-18-6-1-7-19-29/h4-5,10-13,15-16,21H,1-3,6-9,14,17-19H2,(H,27,31)(H,28,30). The summed E-state index contributed by atoms with van der Waals surface area (Å²) in [6.45, 7) is 1.15. The van der Waals surface area contributed by atoms with Crippen molar-refractivity contribution in [1.82, 2.24) is 9.62 Å². The lowest BCUT2D eigenvalue weighted by molar-refractivity contribution is -0.116. The molecule has 0 unspecified atom stereocenters. The van der Waals surface area contributed by atoms with Crippen LogP contribution in [0.25, 0.3) is 0 Å². The summed E-state index contributed by atoms with van der Waals surface area (Å²) >= 11 is 0. The highest BCUT2D eigenvalue weighted by Crippen LogP contribution is 2.22. The molecule has 1 aliphatic carbocycles. The Morgan fingerprint density at radius 3 is 2.26 bits per heavy atom. The minimum atomic E-state index is -3.46. The van der Waals surface area contributed by atoms with E-state index < -0.39 is 10.0 Å². The summed E-state index contributed by atoms with van der Waals surface area (Å²) in [7, 11) is -3.46. The van der Waals surface area contributed by atoms with Crippen LogP contribution in [-0.2, 0) is 21.2 Å². The smallest absolute Gasteiger partial charge is 0.253 e. The summed E-state index contributed by atoms with van der Waals surface area (Å²) in [5.41, 5.74) is 1.86. The van der Waals surface area contributed by atoms with E-state index in [1.165, 1.54) is 0 Å². The Kier molecular flexibility index (Phi) is 8.00. The normalized spacial score (nSPS) is 17.4. The van der Waals surface area contributed by atoms with Gasteiger partial charge in [0.25, 0.3) is 5.91 Å². The van der Waals surface area contributed by atoms with Crippen molar-refractivity contribution in [2.24, 2.45) is 0 Å². The quantitative estimate of drug-likeness (QED) is 0.591. The van der Waals surface area contributed by atoms with E-state index in [1.807, 2.05) is 0 Å². The molecule has 1 aliphatic heterocycles. The van der Waals surface area contributed by atoms with E-state index in [1.54, 1.807) is 52.8 Å². The average Bonchev–Trinajstić information content (AvgIpc) is 3.37. The zero-order valence-corrected chi connectivity index (χ0v) is 20.3. The average molecular weight is 484 g/mol. The van der Waals surface area contributed by atoms with Gasteiger partial charge in [0.05, 0.1) is 16.1 Å². The Morgan fingerprint density at radius 1 is 0.882 bits per heavy atom. The van der Waals surface area contributed by atoms with Gasteiger partial charge in [0.15, 0.2) is 0 Å². The van der Waals surface area contributed by atoms with Crippen molar-refractivity contribution >= 4 is 27.5 Å². The largest absolute Gasteiger partial charge is 0.349 e. The Balaban J connectivity index is 1.32. The van der Waals surface area contributed by atoms with Crippen LogP contribution in [0.15, 0.2) is 53.4 Å². The van der Waals surface area contributed by atoms with Crippen molar-refractivity contribution in [1.29, 1.82) is 0 Å². The maximum Gasteiger partial charge on any atom is 0.253 e. The van der Waals surface area contributed by atoms with Crippen molar-refractivity contribution in [2.45, 2.75) is 68.7 Å². The maximum atomic E-state index is 12.8. The number of carbonyl (C=O) groups excluding carboxylic acids is 2. The summed E-state index contributed by atoms with van der Waals surface area (Å²) in [4.78, 5) is 25.6. The van der Waals surface area contributed by atoms with Crippen LogP contribution >= 0.6 is 0 Å². The van der Waals surface area contributed by atoms with Gasteiger partial charge in [-0.25, -0.2) is 8.42 Å². The first-order valence-corrected chi connectivity index (χ1v) is 13.7. The molecule has 2 aliphatic rings. The fraction of sp³-hybridized carbons (Fsp3) is 0.462. The van der Waals surface area contributed by atoms with Gasteiger partial charge in [-0.15, -0.1) is 0 Å². The highest BCUT2D eigenvalue weighted by molar-refractivity contribution is 7.89. The molecule has 7 nitrogen and oxygen atoms in total. The fourth-order valence-corrected chi connectivity index (χ4v) is 6.19. The molecule has 8 heteroatoms. The minimum Gasteiger partial charge on any atom is -0.349 e. The number of sulfonamides is 1. The third-order valence-electron chi connectivity index (χ3n) is 6.65. The second kappa shape index (κ2) is 11.1. The lowest BCUT2D eigenvalue weighted by Crippen LogP contribution is -2.35. The number of amides is 2. The van der Waals surface area contributed by atoms with E-state index in [2.05, 4.69) is 10.6 Å². The summed E-state index contributed by atoms with van der Waals surface area (Å²) in [5.74, 6) is -0.348. The SMILES string of the molecule is O=C(CCc1ccc(S(=O)(=O)N2CCCCC2)cc1)Nc1ccccc1C(=O)NC1CCCC1. The first-order chi connectivity index (χ1) is 16.4. The Hall–Kier alpha value is -2.71. The molecule has 0 atom stereocenters. The summed E-state index contributed by atoms with van der Waals surface area (Å²) < 4.78 is 27.1. The second-order valence-corrected chi connectivity index (χ2v) is 11.1. The number of nitrogens with zero attached hydrogens (tertiary/aromatic N) is 1. The summed E-state index contributed by atoms with van der Waals surface area (Å²) in [6.07, 6.45) is 7.85. The van der Waals surface area contributed by atoms with Gasteiger partial charge in [-0.05, 0) is 61.9 Å². The van der Waals surface area contributed by atoms with Crippen LogP contribution < -0.4 is 10.6 Å². The summed E-state index contributed by atoms with van der Waals surface area (Å²) in [5, 5.41) is 5.93. The highest BCUT2D eigenvalue weighted by Gasteiger charge is 2.25. The van der Waals surface area contributed by atoms with Gasteiger partial charge in [0, 0.05) is 25.6 Å². The van der Waals surface area contributed by atoms with Gasteiger partial charge >= 0.3 is 0 Å². The monoisotopic (exact) mass is 483 g/mol. The molecule has 0 radical (unpaired) electrons. The molecule has 2 fully saturated rings. The van der Waals surface area contributed by atoms with Gasteiger partial charge in [-0.3, -0.25) is 9.59 Å². The Labute approximate surface area is 202 Å². The third-order valence-corrected chi connectivity index (χ3v) is 8.57. The number of hydrogen-bond acceptors (Lipinski definition) is 4. The van der Waals surface area contributed by atoms with Crippen LogP contribution in [0, 0.1) is 0 Å². The molecule has 1 heterocycles. The number of aryl methyl sites for hydroxylation is 1. The van der Waals surface area contributed by atoms with Gasteiger partial charge in [-0.1, -0.05) is 43.5 Å². The molecule has 1 saturated carbocycles. The van der Waals surface area contributed by atoms with E-state index >= 15 is 0 Å². The topological polar surface area (TPSA) is 95.6 Å².